The Morgan fingerprint density at radius 3 is 2.58 bits per heavy atom. The van der Waals surface area contributed by atoms with Gasteiger partial charge in [0.1, 0.15) is 5.82 Å². The maximum atomic E-state index is 14.3. The number of benzene rings is 1. The normalized spacial score (nSPS) is 13.6. The zero-order chi connectivity index (χ0) is 17.6. The maximum Gasteiger partial charge on any atom is 0.337 e. The molecule has 6 nitrogen and oxygen atoms in total. The third kappa shape index (κ3) is 2.45. The molecule has 1 aromatic heterocycles. The number of aromatic nitrogens is 2. The van der Waals surface area contributed by atoms with E-state index in [9.17, 15) is 18.8 Å². The van der Waals surface area contributed by atoms with E-state index in [1.165, 1.54) is 11.6 Å². The summed E-state index contributed by atoms with van der Waals surface area (Å²) in [6, 6.07) is 1.71. The fourth-order valence-electron chi connectivity index (χ4n) is 3.06. The van der Waals surface area contributed by atoms with Gasteiger partial charge in [0.05, 0.1) is 16.3 Å². The smallest absolute Gasteiger partial charge is 0.337 e. The monoisotopic (exact) mass is 352 g/mol. The number of hydrogen-bond donors (Lipinski definition) is 1. The van der Waals surface area contributed by atoms with Crippen LogP contribution in [0.15, 0.2) is 21.7 Å². The Balaban J connectivity index is 2.38. The molecule has 8 heteroatoms. The molecule has 0 saturated carbocycles. The number of nitrogens with zero attached hydrogens (tertiary/aromatic N) is 2. The molecule has 1 aliphatic rings. The van der Waals surface area contributed by atoms with Gasteiger partial charge >= 0.3 is 11.7 Å². The number of fused-ring (bicyclic) bond motifs is 1. The van der Waals surface area contributed by atoms with Crippen molar-refractivity contribution in [3.05, 3.63) is 60.6 Å². The first kappa shape index (κ1) is 16.4. The SMILES string of the molecule is Cn1c2c(c(=O)n(-c3cc(C(=O)O)c(Cl)cc3F)c1=O)CCCC2. The van der Waals surface area contributed by atoms with Gasteiger partial charge in [-0.25, -0.2) is 18.5 Å². The molecule has 1 aliphatic carbocycles. The van der Waals surface area contributed by atoms with Crippen molar-refractivity contribution in [3.8, 4) is 5.69 Å². The van der Waals surface area contributed by atoms with Crippen LogP contribution in [-0.4, -0.2) is 20.2 Å². The Bertz CT molecular complexity index is 978. The van der Waals surface area contributed by atoms with Crippen LogP contribution in [0.1, 0.15) is 34.5 Å². The highest BCUT2D eigenvalue weighted by molar-refractivity contribution is 6.33. The Labute approximate surface area is 140 Å². The molecule has 24 heavy (non-hydrogen) atoms. The number of hydrogen-bond acceptors (Lipinski definition) is 3. The second-order valence-corrected chi connectivity index (χ2v) is 6.11. The molecule has 1 aromatic carbocycles. The molecule has 0 bridgehead atoms. The summed E-state index contributed by atoms with van der Waals surface area (Å²) in [4.78, 5) is 36.5. The van der Waals surface area contributed by atoms with Crippen molar-refractivity contribution in [1.29, 1.82) is 0 Å². The summed E-state index contributed by atoms with van der Waals surface area (Å²) < 4.78 is 16.3. The number of rotatable bonds is 2. The summed E-state index contributed by atoms with van der Waals surface area (Å²) in [6.07, 6.45) is 2.80. The molecular formula is C16H14ClFN2O4. The molecule has 2 aromatic rings. The van der Waals surface area contributed by atoms with E-state index in [1.54, 1.807) is 0 Å². The summed E-state index contributed by atoms with van der Waals surface area (Å²) in [7, 11) is 1.52. The summed E-state index contributed by atoms with van der Waals surface area (Å²) in [5, 5.41) is 8.84. The van der Waals surface area contributed by atoms with Crippen LogP contribution in [-0.2, 0) is 19.9 Å². The zero-order valence-corrected chi connectivity index (χ0v) is 13.6. The van der Waals surface area contributed by atoms with E-state index < -0.39 is 28.7 Å². The summed E-state index contributed by atoms with van der Waals surface area (Å²) in [5.74, 6) is -2.30. The van der Waals surface area contributed by atoms with Gasteiger partial charge in [0, 0.05) is 18.3 Å². The van der Waals surface area contributed by atoms with Gasteiger partial charge in [-0.2, -0.15) is 0 Å². The van der Waals surface area contributed by atoms with Crippen LogP contribution in [0.3, 0.4) is 0 Å². The minimum Gasteiger partial charge on any atom is -0.478 e. The van der Waals surface area contributed by atoms with Gasteiger partial charge < -0.3 is 9.67 Å². The van der Waals surface area contributed by atoms with E-state index in [2.05, 4.69) is 0 Å². The molecule has 0 saturated heterocycles. The average molecular weight is 353 g/mol. The van der Waals surface area contributed by atoms with Crippen molar-refractivity contribution in [3.63, 3.8) is 0 Å². The molecule has 126 valence electrons. The maximum absolute atomic E-state index is 14.3. The largest absolute Gasteiger partial charge is 0.478 e. The highest BCUT2D eigenvalue weighted by Gasteiger charge is 2.23. The number of carboxylic acids is 1. The Morgan fingerprint density at radius 1 is 1.25 bits per heavy atom. The van der Waals surface area contributed by atoms with E-state index in [0.29, 0.717) is 28.7 Å². The topological polar surface area (TPSA) is 81.3 Å². The Kier molecular flexibility index (Phi) is 4.04. The quantitative estimate of drug-likeness (QED) is 0.895. The molecule has 0 atom stereocenters. The molecule has 0 amide bonds. The minimum absolute atomic E-state index is 0.299. The number of halogens is 2. The van der Waals surface area contributed by atoms with E-state index in [1.807, 2.05) is 0 Å². The summed E-state index contributed by atoms with van der Waals surface area (Å²) in [6.45, 7) is 0. The van der Waals surface area contributed by atoms with Gasteiger partial charge in [-0.1, -0.05) is 11.6 Å². The van der Waals surface area contributed by atoms with E-state index in [4.69, 9.17) is 16.7 Å². The molecule has 0 aliphatic heterocycles. The Morgan fingerprint density at radius 2 is 1.92 bits per heavy atom. The first-order valence-electron chi connectivity index (χ1n) is 7.39. The zero-order valence-electron chi connectivity index (χ0n) is 12.8. The molecule has 0 spiro atoms. The van der Waals surface area contributed by atoms with Crippen molar-refractivity contribution < 1.29 is 14.3 Å². The molecule has 0 fully saturated rings. The van der Waals surface area contributed by atoms with Gasteiger partial charge in [-0.3, -0.25) is 4.79 Å². The average Bonchev–Trinajstić information content (AvgIpc) is 2.54. The number of carboxylic acid groups (broad SMARTS) is 1. The van der Waals surface area contributed by atoms with Gasteiger partial charge in [0.2, 0.25) is 0 Å². The van der Waals surface area contributed by atoms with Crippen LogP contribution in [0.5, 0.6) is 0 Å². The fourth-order valence-corrected chi connectivity index (χ4v) is 3.29. The highest BCUT2D eigenvalue weighted by Crippen LogP contribution is 2.23. The highest BCUT2D eigenvalue weighted by atomic mass is 35.5. The van der Waals surface area contributed by atoms with Gasteiger partial charge in [0.25, 0.3) is 5.56 Å². The minimum atomic E-state index is -1.37. The number of carbonyl (C=O) groups is 1. The van der Waals surface area contributed by atoms with Crippen molar-refractivity contribution in [2.24, 2.45) is 7.05 Å². The first-order chi connectivity index (χ1) is 11.3. The first-order valence-corrected chi connectivity index (χ1v) is 7.77. The van der Waals surface area contributed by atoms with Crippen LogP contribution < -0.4 is 11.2 Å². The molecule has 1 heterocycles. The molecule has 3 rings (SSSR count). The lowest BCUT2D eigenvalue weighted by atomic mass is 9.97. The van der Waals surface area contributed by atoms with Crippen LogP contribution in [0.25, 0.3) is 5.69 Å². The van der Waals surface area contributed by atoms with Crippen molar-refractivity contribution in [1.82, 2.24) is 9.13 Å². The van der Waals surface area contributed by atoms with E-state index in [0.717, 1.165) is 25.0 Å². The van der Waals surface area contributed by atoms with Gasteiger partial charge in [-0.05, 0) is 37.8 Å². The van der Waals surface area contributed by atoms with Crippen LogP contribution >= 0.6 is 11.6 Å². The second kappa shape index (κ2) is 5.90. The van der Waals surface area contributed by atoms with Crippen molar-refractivity contribution in [2.75, 3.05) is 0 Å². The Hall–Kier alpha value is -2.41. The third-order valence-electron chi connectivity index (χ3n) is 4.29. The predicted octanol–water partition coefficient (Wildman–Crippen LogP) is 1.91. The van der Waals surface area contributed by atoms with E-state index >= 15 is 0 Å². The van der Waals surface area contributed by atoms with E-state index in [-0.39, 0.29) is 10.6 Å². The van der Waals surface area contributed by atoms with Crippen LogP contribution in [0, 0.1) is 5.82 Å². The van der Waals surface area contributed by atoms with Crippen LogP contribution in [0.2, 0.25) is 5.02 Å². The standard InChI is InChI=1S/C16H14ClFN2O4/c1-19-12-5-3-2-4-8(12)14(21)20(16(19)24)13-6-9(15(22)23)10(17)7-11(13)18/h6-7H,2-5H2,1H3,(H,22,23). The van der Waals surface area contributed by atoms with Gasteiger partial charge in [0.15, 0.2) is 0 Å². The molecular weight excluding hydrogens is 339 g/mol. The molecule has 1 N–H and O–H groups in total. The lowest BCUT2D eigenvalue weighted by Gasteiger charge is -2.20. The fraction of sp³-hybridized carbons (Fsp3) is 0.312. The van der Waals surface area contributed by atoms with Crippen LogP contribution in [0.4, 0.5) is 4.39 Å². The lowest BCUT2D eigenvalue weighted by molar-refractivity contribution is 0.0697. The third-order valence-corrected chi connectivity index (χ3v) is 4.60. The summed E-state index contributed by atoms with van der Waals surface area (Å²) >= 11 is 5.72. The summed E-state index contributed by atoms with van der Waals surface area (Å²) in [5.41, 5.74) is -0.978. The van der Waals surface area contributed by atoms with Crippen molar-refractivity contribution >= 4 is 17.6 Å². The second-order valence-electron chi connectivity index (χ2n) is 5.70. The molecule has 0 unspecified atom stereocenters. The van der Waals surface area contributed by atoms with Gasteiger partial charge in [-0.15, -0.1) is 0 Å². The predicted molar refractivity (Wildman–Crippen MR) is 85.8 cm³/mol. The molecule has 0 radical (unpaired) electrons. The lowest BCUT2D eigenvalue weighted by Crippen LogP contribution is -2.43. The number of aromatic carboxylic acids is 1. The van der Waals surface area contributed by atoms with Crippen molar-refractivity contribution in [2.45, 2.75) is 25.7 Å².